The topological polar surface area (TPSA) is 21.3 Å². The first-order valence-corrected chi connectivity index (χ1v) is 5.66. The molecule has 0 heterocycles. The van der Waals surface area contributed by atoms with Crippen molar-refractivity contribution in [1.82, 2.24) is 5.32 Å². The third kappa shape index (κ3) is 3.05. The molecule has 82 valence electrons. The molecule has 0 amide bonds. The van der Waals surface area contributed by atoms with Gasteiger partial charge in [-0.25, -0.2) is 0 Å². The second-order valence-corrected chi connectivity index (χ2v) is 4.31. The Hall–Kier alpha value is -0.860. The van der Waals surface area contributed by atoms with Crippen molar-refractivity contribution in [1.29, 1.82) is 0 Å². The predicted molar refractivity (Wildman–Crippen MR) is 61.7 cm³/mol. The third-order valence-corrected chi connectivity index (χ3v) is 3.13. The largest absolute Gasteiger partial charge is 0.381 e. The van der Waals surface area contributed by atoms with Crippen molar-refractivity contribution < 1.29 is 4.74 Å². The van der Waals surface area contributed by atoms with Gasteiger partial charge in [0.2, 0.25) is 0 Å². The van der Waals surface area contributed by atoms with Crippen LogP contribution in [0.25, 0.3) is 0 Å². The van der Waals surface area contributed by atoms with Crippen LogP contribution in [-0.2, 0) is 11.3 Å². The Bertz CT molecular complexity index is 280. The Kier molecular flexibility index (Phi) is 3.75. The number of rotatable bonds is 5. The highest BCUT2D eigenvalue weighted by Crippen LogP contribution is 2.28. The molecule has 0 saturated heterocycles. The summed E-state index contributed by atoms with van der Waals surface area (Å²) < 4.78 is 5.25. The predicted octanol–water partition coefficient (Wildman–Crippen LogP) is 2.20. The van der Waals surface area contributed by atoms with Gasteiger partial charge in [-0.15, -0.1) is 0 Å². The molecule has 2 heteroatoms. The zero-order chi connectivity index (χ0) is 10.5. The average Bonchev–Trinajstić information content (AvgIpc) is 2.23. The SMILES string of the molecule is CO[C@H]1C[C@H](CNCc2ccccc2)C1. The van der Waals surface area contributed by atoms with Gasteiger partial charge in [0.1, 0.15) is 0 Å². The van der Waals surface area contributed by atoms with Gasteiger partial charge < -0.3 is 10.1 Å². The van der Waals surface area contributed by atoms with Crippen LogP contribution in [-0.4, -0.2) is 19.8 Å². The maximum atomic E-state index is 5.25. The first-order valence-electron chi connectivity index (χ1n) is 5.66. The van der Waals surface area contributed by atoms with Gasteiger partial charge in [0.25, 0.3) is 0 Å². The minimum atomic E-state index is 0.522. The molecule has 0 radical (unpaired) electrons. The summed E-state index contributed by atoms with van der Waals surface area (Å²) in [6, 6.07) is 10.5. The number of hydrogen-bond acceptors (Lipinski definition) is 2. The number of nitrogens with one attached hydrogen (secondary N) is 1. The van der Waals surface area contributed by atoms with E-state index >= 15 is 0 Å². The van der Waals surface area contributed by atoms with Gasteiger partial charge in [0, 0.05) is 13.7 Å². The zero-order valence-electron chi connectivity index (χ0n) is 9.28. The standard InChI is InChI=1S/C13H19NO/c1-15-13-7-12(8-13)10-14-9-11-5-3-2-4-6-11/h2-6,12-14H,7-10H2,1H3/t12-,13-. The number of benzene rings is 1. The second-order valence-electron chi connectivity index (χ2n) is 4.31. The van der Waals surface area contributed by atoms with Crippen molar-refractivity contribution in [3.05, 3.63) is 35.9 Å². The fraction of sp³-hybridized carbons (Fsp3) is 0.538. The molecule has 2 nitrogen and oxygen atoms in total. The van der Waals surface area contributed by atoms with Crippen LogP contribution in [0.2, 0.25) is 0 Å². The molecule has 0 spiro atoms. The molecule has 0 atom stereocenters. The third-order valence-electron chi connectivity index (χ3n) is 3.13. The van der Waals surface area contributed by atoms with Crippen molar-refractivity contribution in [2.45, 2.75) is 25.5 Å². The van der Waals surface area contributed by atoms with Crippen LogP contribution < -0.4 is 5.32 Å². The van der Waals surface area contributed by atoms with Gasteiger partial charge in [0.15, 0.2) is 0 Å². The smallest absolute Gasteiger partial charge is 0.0577 e. The normalized spacial score (nSPS) is 24.9. The Balaban J connectivity index is 1.60. The average molecular weight is 205 g/mol. The number of hydrogen-bond donors (Lipinski definition) is 1. The van der Waals surface area contributed by atoms with Crippen LogP contribution in [0.5, 0.6) is 0 Å². The van der Waals surface area contributed by atoms with Crippen molar-refractivity contribution in [3.63, 3.8) is 0 Å². The van der Waals surface area contributed by atoms with Crippen LogP contribution >= 0.6 is 0 Å². The van der Waals surface area contributed by atoms with E-state index in [1.165, 1.54) is 18.4 Å². The van der Waals surface area contributed by atoms with E-state index in [1.54, 1.807) is 7.11 Å². The van der Waals surface area contributed by atoms with Crippen LogP contribution in [0.3, 0.4) is 0 Å². The summed E-state index contributed by atoms with van der Waals surface area (Å²) >= 11 is 0. The Morgan fingerprint density at radius 1 is 1.27 bits per heavy atom. The molecule has 15 heavy (non-hydrogen) atoms. The molecular formula is C13H19NO. The molecule has 1 aliphatic rings. The van der Waals surface area contributed by atoms with Crippen molar-refractivity contribution in [2.24, 2.45) is 5.92 Å². The van der Waals surface area contributed by atoms with E-state index in [0.29, 0.717) is 6.10 Å². The number of ether oxygens (including phenoxy) is 1. The summed E-state index contributed by atoms with van der Waals surface area (Å²) in [4.78, 5) is 0. The van der Waals surface area contributed by atoms with E-state index in [9.17, 15) is 0 Å². The Morgan fingerprint density at radius 2 is 2.00 bits per heavy atom. The molecule has 1 N–H and O–H groups in total. The lowest BCUT2D eigenvalue weighted by Crippen LogP contribution is -2.37. The molecule has 2 rings (SSSR count). The summed E-state index contributed by atoms with van der Waals surface area (Å²) in [7, 11) is 1.80. The van der Waals surface area contributed by atoms with Crippen molar-refractivity contribution in [2.75, 3.05) is 13.7 Å². The van der Waals surface area contributed by atoms with Gasteiger partial charge in [0.05, 0.1) is 6.10 Å². The monoisotopic (exact) mass is 205 g/mol. The van der Waals surface area contributed by atoms with Crippen LogP contribution in [0, 0.1) is 5.92 Å². The molecule has 0 aliphatic heterocycles. The zero-order valence-corrected chi connectivity index (χ0v) is 9.28. The molecular weight excluding hydrogens is 186 g/mol. The Morgan fingerprint density at radius 3 is 2.67 bits per heavy atom. The van der Waals surface area contributed by atoms with Crippen LogP contribution in [0.1, 0.15) is 18.4 Å². The van der Waals surface area contributed by atoms with E-state index in [0.717, 1.165) is 19.0 Å². The Labute approximate surface area is 91.6 Å². The van der Waals surface area contributed by atoms with E-state index in [-0.39, 0.29) is 0 Å². The molecule has 0 bridgehead atoms. The summed E-state index contributed by atoms with van der Waals surface area (Å²) in [5.74, 6) is 0.818. The molecule has 0 unspecified atom stereocenters. The van der Waals surface area contributed by atoms with Gasteiger partial charge in [-0.1, -0.05) is 30.3 Å². The molecule has 1 fully saturated rings. The van der Waals surface area contributed by atoms with Crippen molar-refractivity contribution in [3.8, 4) is 0 Å². The summed E-state index contributed by atoms with van der Waals surface area (Å²) in [5.41, 5.74) is 1.36. The van der Waals surface area contributed by atoms with E-state index in [2.05, 4.69) is 35.6 Å². The van der Waals surface area contributed by atoms with E-state index in [4.69, 9.17) is 4.74 Å². The first-order chi connectivity index (χ1) is 7.38. The molecule has 1 saturated carbocycles. The highest BCUT2D eigenvalue weighted by molar-refractivity contribution is 5.14. The highest BCUT2D eigenvalue weighted by Gasteiger charge is 2.28. The quantitative estimate of drug-likeness (QED) is 0.795. The summed E-state index contributed by atoms with van der Waals surface area (Å²) in [6.45, 7) is 2.10. The van der Waals surface area contributed by atoms with Crippen molar-refractivity contribution >= 4 is 0 Å². The summed E-state index contributed by atoms with van der Waals surface area (Å²) in [5, 5.41) is 3.49. The van der Waals surface area contributed by atoms with E-state index < -0.39 is 0 Å². The van der Waals surface area contributed by atoms with Gasteiger partial charge in [-0.2, -0.15) is 0 Å². The molecule has 1 aromatic carbocycles. The highest BCUT2D eigenvalue weighted by atomic mass is 16.5. The molecule has 1 aliphatic carbocycles. The minimum Gasteiger partial charge on any atom is -0.381 e. The van der Waals surface area contributed by atoms with E-state index in [1.807, 2.05) is 0 Å². The maximum Gasteiger partial charge on any atom is 0.0577 e. The maximum absolute atomic E-state index is 5.25. The van der Waals surface area contributed by atoms with Gasteiger partial charge in [-0.3, -0.25) is 0 Å². The van der Waals surface area contributed by atoms with Crippen LogP contribution in [0.15, 0.2) is 30.3 Å². The van der Waals surface area contributed by atoms with Gasteiger partial charge in [-0.05, 0) is 30.9 Å². The first kappa shape index (κ1) is 10.7. The summed E-state index contributed by atoms with van der Waals surface area (Å²) in [6.07, 6.45) is 2.96. The lowest BCUT2D eigenvalue weighted by atomic mass is 9.82. The molecule has 1 aromatic rings. The molecule has 0 aromatic heterocycles. The van der Waals surface area contributed by atoms with Gasteiger partial charge >= 0.3 is 0 Å². The lowest BCUT2D eigenvalue weighted by Gasteiger charge is -2.34. The lowest BCUT2D eigenvalue weighted by molar-refractivity contribution is 0.00154. The van der Waals surface area contributed by atoms with Crippen LogP contribution in [0.4, 0.5) is 0 Å². The fourth-order valence-electron chi connectivity index (χ4n) is 2.05. The minimum absolute atomic E-state index is 0.522. The second kappa shape index (κ2) is 5.29. The fourth-order valence-corrected chi connectivity index (χ4v) is 2.05. The number of methoxy groups -OCH3 is 1.